The number of aliphatic hydroxyl groups excluding tert-OH is 2. The number of nitrogens with zero attached hydrogens (tertiary/aromatic N) is 6. The number of hydrogen-bond acceptors (Lipinski definition) is 17. The molecular weight excluding hydrogens is 618 g/mol. The Labute approximate surface area is 275 Å². The van der Waals surface area contributed by atoms with Gasteiger partial charge in [0.1, 0.15) is 29.7 Å². The number of nitrogens with two attached hydrogens (primary N) is 1. The molecule has 0 aliphatic heterocycles. The van der Waals surface area contributed by atoms with Crippen LogP contribution in [0, 0.1) is 32.6 Å². The zero-order valence-corrected chi connectivity index (χ0v) is 29.4. The first-order valence-corrected chi connectivity index (χ1v) is 14.9. The van der Waals surface area contributed by atoms with Crippen molar-refractivity contribution in [3.05, 3.63) is 35.8 Å². The molecule has 4 N–H and O–H groups in total. The van der Waals surface area contributed by atoms with Crippen molar-refractivity contribution in [2.45, 2.75) is 125 Å². The molecule has 3 aromatic rings. The quantitative estimate of drug-likeness (QED) is 0.218. The second kappa shape index (κ2) is 20.2. The third kappa shape index (κ3) is 20.6. The molecule has 3 heterocycles. The minimum atomic E-state index is -0.960. The van der Waals surface area contributed by atoms with Gasteiger partial charge in [-0.05, 0) is 48.5 Å². The van der Waals surface area contributed by atoms with Crippen LogP contribution >= 0.6 is 0 Å². The standard InChI is InChI=1S/C12H20N2O4.C9H16O3.C6H11N3O2.C3H4N2O/c1-7(6-9(15)18-12(3,4)5)10(16)11-14-13-8(2)17-11;1-7(6-10)5-8(11)12-9(2,3)4;1-3(7)5(10)6-9-8-4(2)11-6;1-3-5-4-2-6-3/h7,10,16H,6H2,1-5H3;6-7H,5H2,1-4H3;3,5,10H,7H2,1-2H3;2H,1H3/t7-,10?;7-;3-,5?;/m110./s1. The highest BCUT2D eigenvalue weighted by Gasteiger charge is 2.26. The molecule has 17 heteroatoms. The number of carbonyl (C=O) groups excluding carboxylic acids is 3. The number of aromatic nitrogens is 6. The Morgan fingerprint density at radius 3 is 1.53 bits per heavy atom. The number of aryl methyl sites for hydroxylation is 3. The van der Waals surface area contributed by atoms with E-state index in [-0.39, 0.29) is 48.4 Å². The van der Waals surface area contributed by atoms with E-state index in [1.807, 2.05) is 0 Å². The van der Waals surface area contributed by atoms with Gasteiger partial charge in [-0.15, -0.1) is 30.6 Å². The van der Waals surface area contributed by atoms with Gasteiger partial charge in [-0.1, -0.05) is 13.8 Å². The molecule has 2 unspecified atom stereocenters. The van der Waals surface area contributed by atoms with Gasteiger partial charge >= 0.3 is 11.9 Å². The lowest BCUT2D eigenvalue weighted by Crippen LogP contribution is -2.26. The van der Waals surface area contributed by atoms with E-state index in [4.69, 9.17) is 24.0 Å². The van der Waals surface area contributed by atoms with Crippen LogP contribution in [-0.2, 0) is 23.9 Å². The fourth-order valence-corrected chi connectivity index (χ4v) is 3.01. The van der Waals surface area contributed by atoms with Crippen molar-refractivity contribution in [3.63, 3.8) is 0 Å². The van der Waals surface area contributed by atoms with Crippen LogP contribution in [0.3, 0.4) is 0 Å². The molecule has 17 nitrogen and oxygen atoms in total. The number of aldehydes is 1. The summed E-state index contributed by atoms with van der Waals surface area (Å²) in [6.07, 6.45) is 0.495. The van der Waals surface area contributed by atoms with Gasteiger partial charge in [0.2, 0.25) is 35.8 Å². The first-order valence-electron chi connectivity index (χ1n) is 14.9. The third-order valence-corrected chi connectivity index (χ3v) is 5.14. The summed E-state index contributed by atoms with van der Waals surface area (Å²) in [7, 11) is 0. The molecule has 0 fully saturated rings. The Morgan fingerprint density at radius 2 is 1.23 bits per heavy atom. The molecule has 0 radical (unpaired) electrons. The lowest BCUT2D eigenvalue weighted by molar-refractivity contribution is -0.157. The van der Waals surface area contributed by atoms with Crippen molar-refractivity contribution in [3.8, 4) is 0 Å². The highest BCUT2D eigenvalue weighted by atomic mass is 16.6. The molecule has 266 valence electrons. The van der Waals surface area contributed by atoms with Crippen LogP contribution in [0.4, 0.5) is 0 Å². The van der Waals surface area contributed by atoms with Crippen molar-refractivity contribution in [2.75, 3.05) is 0 Å². The van der Waals surface area contributed by atoms with E-state index >= 15 is 0 Å². The Morgan fingerprint density at radius 1 is 0.787 bits per heavy atom. The van der Waals surface area contributed by atoms with Crippen LogP contribution in [0.2, 0.25) is 0 Å². The summed E-state index contributed by atoms with van der Waals surface area (Å²) in [5, 5.41) is 40.7. The first kappa shape index (κ1) is 42.9. The fraction of sp³-hybridized carbons (Fsp3) is 0.700. The summed E-state index contributed by atoms with van der Waals surface area (Å²) < 4.78 is 24.9. The zero-order chi connectivity index (χ0) is 36.5. The van der Waals surface area contributed by atoms with Gasteiger partial charge in [-0.2, -0.15) is 0 Å². The van der Waals surface area contributed by atoms with Crippen molar-refractivity contribution in [1.29, 1.82) is 0 Å². The van der Waals surface area contributed by atoms with Gasteiger partial charge < -0.3 is 43.5 Å². The number of aliphatic hydroxyl groups is 2. The molecule has 3 rings (SSSR count). The Bertz CT molecular complexity index is 1310. The van der Waals surface area contributed by atoms with E-state index in [9.17, 15) is 24.6 Å². The van der Waals surface area contributed by atoms with Crippen LogP contribution in [-0.4, -0.2) is 76.3 Å². The van der Waals surface area contributed by atoms with Crippen LogP contribution in [0.25, 0.3) is 0 Å². The van der Waals surface area contributed by atoms with Gasteiger partial charge in [0, 0.05) is 38.6 Å². The number of hydrogen-bond donors (Lipinski definition) is 3. The molecule has 0 spiro atoms. The molecule has 0 bridgehead atoms. The SMILES string of the molecule is C[C@@H](C=O)CC(=O)OC(C)(C)C.Cc1nnc(C(O)[C@H](C)CC(=O)OC(C)(C)C)o1.Cc1nnc(C(O)[C@H](C)N)o1.Cc1nnco1. The number of ether oxygens (including phenoxy) is 2. The predicted octanol–water partition coefficient (Wildman–Crippen LogP) is 3.47. The summed E-state index contributed by atoms with van der Waals surface area (Å²) in [6.45, 7) is 20.9. The first-order chi connectivity index (χ1) is 21.5. The summed E-state index contributed by atoms with van der Waals surface area (Å²) >= 11 is 0. The van der Waals surface area contributed by atoms with Crippen LogP contribution in [0.5, 0.6) is 0 Å². The molecule has 5 atom stereocenters. The predicted molar refractivity (Wildman–Crippen MR) is 166 cm³/mol. The lowest BCUT2D eigenvalue weighted by atomic mass is 10.0. The average molecular weight is 670 g/mol. The topological polar surface area (TPSA) is 253 Å². The maximum atomic E-state index is 11.6. The van der Waals surface area contributed by atoms with E-state index in [2.05, 4.69) is 35.0 Å². The van der Waals surface area contributed by atoms with Gasteiger partial charge in [0.15, 0.2) is 0 Å². The number of rotatable bonds is 9. The summed E-state index contributed by atoms with van der Waals surface area (Å²) in [5.74, 6) is 0.455. The molecule has 0 aromatic carbocycles. The Hall–Kier alpha value is -4.09. The van der Waals surface area contributed by atoms with Crippen molar-refractivity contribution in [1.82, 2.24) is 30.6 Å². The summed E-state index contributed by atoms with van der Waals surface area (Å²) in [5.41, 5.74) is 4.42. The number of carbonyl (C=O) groups is 3. The second-order valence-corrected chi connectivity index (χ2v) is 12.7. The zero-order valence-electron chi connectivity index (χ0n) is 29.4. The van der Waals surface area contributed by atoms with Gasteiger partial charge in [-0.3, -0.25) is 9.59 Å². The average Bonchev–Trinajstić information content (AvgIpc) is 3.69. The van der Waals surface area contributed by atoms with Crippen molar-refractivity contribution in [2.24, 2.45) is 17.6 Å². The van der Waals surface area contributed by atoms with Crippen LogP contribution in [0.15, 0.2) is 19.6 Å². The van der Waals surface area contributed by atoms with Gasteiger partial charge in [-0.25, -0.2) is 0 Å². The summed E-state index contributed by atoms with van der Waals surface area (Å²) in [6, 6.07) is -0.394. The van der Waals surface area contributed by atoms with E-state index in [1.165, 1.54) is 6.39 Å². The third-order valence-electron chi connectivity index (χ3n) is 5.14. The van der Waals surface area contributed by atoms with E-state index < -0.39 is 29.5 Å². The lowest BCUT2D eigenvalue weighted by Gasteiger charge is -2.21. The highest BCUT2D eigenvalue weighted by Crippen LogP contribution is 2.24. The molecule has 0 saturated heterocycles. The minimum Gasteiger partial charge on any atom is -0.460 e. The Balaban J connectivity index is 0.000000638. The monoisotopic (exact) mass is 669 g/mol. The van der Waals surface area contributed by atoms with E-state index in [0.717, 1.165) is 6.29 Å². The Kier molecular flexibility index (Phi) is 18.5. The fourth-order valence-electron chi connectivity index (χ4n) is 3.01. The normalized spacial score (nSPS) is 14.3. The van der Waals surface area contributed by atoms with Crippen molar-refractivity contribution < 1.29 is 47.3 Å². The van der Waals surface area contributed by atoms with Crippen LogP contribution < -0.4 is 5.73 Å². The summed E-state index contributed by atoms with van der Waals surface area (Å²) in [4.78, 5) is 32.9. The van der Waals surface area contributed by atoms with Crippen LogP contribution in [0.1, 0.15) is 117 Å². The van der Waals surface area contributed by atoms with E-state index in [1.54, 1.807) is 83.1 Å². The smallest absolute Gasteiger partial charge is 0.307 e. The van der Waals surface area contributed by atoms with Crippen molar-refractivity contribution >= 4 is 18.2 Å². The van der Waals surface area contributed by atoms with Gasteiger partial charge in [0.25, 0.3) is 0 Å². The molecule has 0 aliphatic carbocycles. The molecule has 3 aromatic heterocycles. The molecule has 47 heavy (non-hydrogen) atoms. The second-order valence-electron chi connectivity index (χ2n) is 12.7. The molecular formula is C30H51N7O10. The largest absolute Gasteiger partial charge is 0.460 e. The van der Waals surface area contributed by atoms with E-state index in [0.29, 0.717) is 17.7 Å². The maximum absolute atomic E-state index is 11.6. The minimum absolute atomic E-state index is 0.0971. The highest BCUT2D eigenvalue weighted by molar-refractivity contribution is 5.73. The molecule has 0 saturated carbocycles. The number of esters is 2. The van der Waals surface area contributed by atoms with Gasteiger partial charge in [0.05, 0.1) is 12.8 Å². The molecule has 0 aliphatic rings. The maximum Gasteiger partial charge on any atom is 0.307 e. The molecule has 0 amide bonds.